The molecule has 2 fully saturated rings. The summed E-state index contributed by atoms with van der Waals surface area (Å²) >= 11 is 3.35. The highest BCUT2D eigenvalue weighted by atomic mass is 32.2. The fourth-order valence-electron chi connectivity index (χ4n) is 5.52. The third-order valence-corrected chi connectivity index (χ3v) is 9.38. The zero-order chi connectivity index (χ0) is 26.5. The molecule has 2 aliphatic heterocycles. The summed E-state index contributed by atoms with van der Waals surface area (Å²) in [5.41, 5.74) is 1.17. The van der Waals surface area contributed by atoms with Gasteiger partial charge in [0.1, 0.15) is 5.60 Å². The lowest BCUT2D eigenvalue weighted by atomic mass is 9.73. The Labute approximate surface area is 230 Å². The van der Waals surface area contributed by atoms with Crippen LogP contribution < -0.4 is 10.2 Å². The Bertz CT molecular complexity index is 1480. The molecule has 0 bridgehead atoms. The van der Waals surface area contributed by atoms with Crippen molar-refractivity contribution in [3.63, 3.8) is 0 Å². The Morgan fingerprint density at radius 2 is 2.11 bits per heavy atom. The van der Waals surface area contributed by atoms with Crippen LogP contribution in [0.25, 0.3) is 15.9 Å². The molecule has 0 radical (unpaired) electrons. The summed E-state index contributed by atoms with van der Waals surface area (Å²) < 4.78 is 14.8. The first kappa shape index (κ1) is 25.4. The van der Waals surface area contributed by atoms with Gasteiger partial charge >= 0.3 is 6.09 Å². The normalized spacial score (nSPS) is 23.9. The van der Waals surface area contributed by atoms with Crippen LogP contribution >= 0.6 is 23.1 Å². The third kappa shape index (κ3) is 4.83. The van der Waals surface area contributed by atoms with E-state index in [1.807, 2.05) is 62.1 Å². The lowest BCUT2D eigenvalue weighted by molar-refractivity contribution is 0.0385. The van der Waals surface area contributed by atoms with Crippen molar-refractivity contribution < 1.29 is 14.3 Å². The first-order chi connectivity index (χ1) is 18.2. The number of hydrogen-bond acceptors (Lipinski definition) is 9. The van der Waals surface area contributed by atoms with Crippen LogP contribution in [0.4, 0.5) is 10.7 Å². The van der Waals surface area contributed by atoms with Crippen LogP contribution in [0.2, 0.25) is 0 Å². The van der Waals surface area contributed by atoms with Gasteiger partial charge in [-0.3, -0.25) is 9.38 Å². The predicted octanol–water partition coefficient (Wildman–Crippen LogP) is 5.39. The summed E-state index contributed by atoms with van der Waals surface area (Å²) in [6, 6.07) is 3.95. The van der Waals surface area contributed by atoms with E-state index in [2.05, 4.69) is 32.5 Å². The van der Waals surface area contributed by atoms with Gasteiger partial charge in [-0.2, -0.15) is 0 Å². The van der Waals surface area contributed by atoms with Gasteiger partial charge in [-0.1, -0.05) is 11.8 Å². The highest BCUT2D eigenvalue weighted by Crippen LogP contribution is 2.43. The van der Waals surface area contributed by atoms with Crippen molar-refractivity contribution in [2.75, 3.05) is 24.6 Å². The number of pyridine rings is 1. The molecule has 9 nitrogen and oxygen atoms in total. The molecular weight excluding hydrogens is 520 g/mol. The molecule has 6 rings (SSSR count). The van der Waals surface area contributed by atoms with E-state index in [1.165, 1.54) is 0 Å². The molecule has 0 aromatic carbocycles. The summed E-state index contributed by atoms with van der Waals surface area (Å²) in [7, 11) is 0. The van der Waals surface area contributed by atoms with Gasteiger partial charge in [0.05, 0.1) is 33.9 Å². The Kier molecular flexibility index (Phi) is 6.48. The Morgan fingerprint density at radius 3 is 2.89 bits per heavy atom. The molecule has 1 spiro atoms. The average molecular weight is 553 g/mol. The molecule has 1 amide bonds. The minimum Gasteiger partial charge on any atom is -0.444 e. The van der Waals surface area contributed by atoms with Gasteiger partial charge in [0, 0.05) is 48.2 Å². The number of rotatable bonds is 4. The summed E-state index contributed by atoms with van der Waals surface area (Å²) in [6.45, 7) is 9.80. The van der Waals surface area contributed by atoms with Crippen LogP contribution in [0.1, 0.15) is 40.5 Å². The highest BCUT2D eigenvalue weighted by Gasteiger charge is 2.49. The fraction of sp³-hybridized carbons (Fsp3) is 0.481. The molecule has 11 heteroatoms. The number of ether oxygens (including phenoxy) is 2. The number of nitrogens with zero attached hydrogens (tertiary/aromatic N) is 5. The quantitative estimate of drug-likeness (QED) is 0.360. The van der Waals surface area contributed by atoms with Crippen molar-refractivity contribution in [1.82, 2.24) is 24.7 Å². The van der Waals surface area contributed by atoms with E-state index in [0.717, 1.165) is 51.0 Å². The number of piperidine rings is 1. The zero-order valence-corrected chi connectivity index (χ0v) is 23.6. The second-order valence-corrected chi connectivity index (χ2v) is 13.2. The Balaban J connectivity index is 1.28. The maximum Gasteiger partial charge on any atom is 0.407 e. The fourth-order valence-corrected chi connectivity index (χ4v) is 7.46. The van der Waals surface area contributed by atoms with E-state index in [-0.39, 0.29) is 17.6 Å². The second kappa shape index (κ2) is 9.69. The van der Waals surface area contributed by atoms with Crippen molar-refractivity contribution in [1.29, 1.82) is 0 Å². The van der Waals surface area contributed by atoms with Crippen molar-refractivity contribution in [2.45, 2.75) is 68.1 Å². The van der Waals surface area contributed by atoms with Crippen molar-refractivity contribution in [3.8, 4) is 0 Å². The number of nitrogens with one attached hydrogen (secondary N) is 1. The number of carbonyl (C=O) groups excluding carboxylic acids is 1. The molecule has 2 aliphatic rings. The number of carbonyl (C=O) groups is 1. The van der Waals surface area contributed by atoms with Crippen LogP contribution in [0.3, 0.4) is 0 Å². The molecule has 3 atom stereocenters. The van der Waals surface area contributed by atoms with E-state index in [4.69, 9.17) is 14.5 Å². The number of imidazole rings is 1. The molecule has 2 saturated heterocycles. The highest BCUT2D eigenvalue weighted by molar-refractivity contribution is 8.00. The third-order valence-electron chi connectivity index (χ3n) is 7.25. The summed E-state index contributed by atoms with van der Waals surface area (Å²) in [5, 5.41) is 5.25. The molecule has 4 aromatic rings. The maximum absolute atomic E-state index is 12.8. The predicted molar refractivity (Wildman–Crippen MR) is 149 cm³/mol. The number of alkyl carbamates (subject to hydrolysis) is 1. The summed E-state index contributed by atoms with van der Waals surface area (Å²) in [5.74, 6) is 0.815. The molecule has 38 heavy (non-hydrogen) atoms. The van der Waals surface area contributed by atoms with Crippen molar-refractivity contribution in [3.05, 3.63) is 42.3 Å². The number of anilines is 1. The lowest BCUT2D eigenvalue weighted by Gasteiger charge is -2.45. The van der Waals surface area contributed by atoms with E-state index >= 15 is 0 Å². The van der Waals surface area contributed by atoms with E-state index in [0.29, 0.717) is 13.2 Å². The van der Waals surface area contributed by atoms with Gasteiger partial charge in [0.15, 0.2) is 5.65 Å². The molecule has 1 N–H and O–H groups in total. The standard InChI is InChI=1S/C27H32N6O3S2/c1-17-13-27(16-35-17)7-10-32(15-21(27)31-25(34)36-26(2,3)4)24-30-14-20(23-29-9-11-33(23)24)38-19-5-8-28-18-6-12-37-22(18)19/h5-6,8-9,11-12,14,17,21H,7,10,13,15-16H2,1-4H3,(H,31,34)/t17-,21?,27?/m0/s1. The maximum atomic E-state index is 12.8. The SMILES string of the molecule is C[C@H]1CC2(CCN(c3ncc(Sc4ccnc5ccsc45)c4nccn34)CC2NC(=O)OC(C)(C)C)CO1. The van der Waals surface area contributed by atoms with Crippen molar-refractivity contribution >= 4 is 51.0 Å². The first-order valence-electron chi connectivity index (χ1n) is 12.9. The molecule has 4 aromatic heterocycles. The smallest absolute Gasteiger partial charge is 0.407 e. The lowest BCUT2D eigenvalue weighted by Crippen LogP contribution is -2.60. The summed E-state index contributed by atoms with van der Waals surface area (Å²) in [6.07, 6.45) is 9.09. The number of aromatic nitrogens is 4. The van der Waals surface area contributed by atoms with Gasteiger partial charge in [-0.25, -0.2) is 14.8 Å². The van der Waals surface area contributed by atoms with E-state index in [1.54, 1.807) is 23.1 Å². The van der Waals surface area contributed by atoms with E-state index in [9.17, 15) is 4.79 Å². The largest absolute Gasteiger partial charge is 0.444 e. The van der Waals surface area contributed by atoms with Crippen LogP contribution in [0.5, 0.6) is 0 Å². The Hall–Kier alpha value is -2.89. The molecule has 2 unspecified atom stereocenters. The van der Waals surface area contributed by atoms with Crippen molar-refractivity contribution in [2.24, 2.45) is 5.41 Å². The molecule has 0 aliphatic carbocycles. The number of amides is 1. The zero-order valence-electron chi connectivity index (χ0n) is 22.0. The van der Waals surface area contributed by atoms with Crippen LogP contribution in [-0.2, 0) is 9.47 Å². The molecule has 6 heterocycles. The first-order valence-corrected chi connectivity index (χ1v) is 14.6. The van der Waals surface area contributed by atoms with Gasteiger partial charge < -0.3 is 19.7 Å². The summed E-state index contributed by atoms with van der Waals surface area (Å²) in [4.78, 5) is 31.2. The molecular formula is C27H32N6O3S2. The monoisotopic (exact) mass is 552 g/mol. The van der Waals surface area contributed by atoms with Crippen LogP contribution in [0, 0.1) is 5.41 Å². The number of thiophene rings is 1. The minimum absolute atomic E-state index is 0.121. The second-order valence-electron chi connectivity index (χ2n) is 11.2. The topological polar surface area (TPSA) is 93.9 Å². The van der Waals surface area contributed by atoms with Gasteiger partial charge in [0.2, 0.25) is 5.95 Å². The van der Waals surface area contributed by atoms with Gasteiger partial charge in [-0.05, 0) is 58.0 Å². The average Bonchev–Trinajstić information content (AvgIpc) is 3.60. The van der Waals surface area contributed by atoms with Crippen LogP contribution in [-0.4, -0.2) is 62.9 Å². The molecule has 200 valence electrons. The van der Waals surface area contributed by atoms with Crippen LogP contribution in [0.15, 0.2) is 52.1 Å². The molecule has 0 saturated carbocycles. The number of fused-ring (bicyclic) bond motifs is 2. The minimum atomic E-state index is -0.563. The Morgan fingerprint density at radius 1 is 1.24 bits per heavy atom. The van der Waals surface area contributed by atoms with Gasteiger partial charge in [-0.15, -0.1) is 11.3 Å². The number of hydrogen-bond donors (Lipinski definition) is 1. The van der Waals surface area contributed by atoms with Gasteiger partial charge in [0.25, 0.3) is 0 Å². The van der Waals surface area contributed by atoms with E-state index < -0.39 is 11.7 Å².